The molecule has 6 heteroatoms. The van der Waals surface area contributed by atoms with E-state index >= 15 is 0 Å². The van der Waals surface area contributed by atoms with Crippen LogP contribution >= 0.6 is 0 Å². The quantitative estimate of drug-likeness (QED) is 0.568. The minimum atomic E-state index is -0.635. The number of carbonyl (C=O) groups excluding carboxylic acids is 3. The summed E-state index contributed by atoms with van der Waals surface area (Å²) < 4.78 is 9.78. The minimum absolute atomic E-state index is 0.00278. The van der Waals surface area contributed by atoms with Crippen LogP contribution in [-0.2, 0) is 19.1 Å². The highest BCUT2D eigenvalue weighted by molar-refractivity contribution is 5.76. The monoisotopic (exact) mass is 243 g/mol. The van der Waals surface area contributed by atoms with Crippen LogP contribution in [0.2, 0.25) is 0 Å². The third-order valence-electron chi connectivity index (χ3n) is 2.22. The first kappa shape index (κ1) is 13.5. The maximum absolute atomic E-state index is 11.5. The molecule has 96 valence electrons. The highest BCUT2D eigenvalue weighted by atomic mass is 16.6. The van der Waals surface area contributed by atoms with Crippen LogP contribution in [0.1, 0.15) is 27.2 Å². The number of hydrogen-bond acceptors (Lipinski definition) is 5. The van der Waals surface area contributed by atoms with E-state index in [4.69, 9.17) is 9.47 Å². The maximum atomic E-state index is 11.5. The molecular formula is C11H17NO5. The molecule has 0 bridgehead atoms. The third-order valence-corrected chi connectivity index (χ3v) is 2.22. The van der Waals surface area contributed by atoms with Crippen LogP contribution in [0.3, 0.4) is 0 Å². The molecule has 0 aliphatic carbocycles. The highest BCUT2D eigenvalue weighted by Gasteiger charge is 2.32. The number of alkyl carbamates (subject to hydrolysis) is 1. The van der Waals surface area contributed by atoms with Gasteiger partial charge >= 0.3 is 12.1 Å². The molecule has 0 aromatic carbocycles. The first-order chi connectivity index (χ1) is 7.81. The molecule has 1 aliphatic heterocycles. The molecule has 0 saturated carbocycles. The van der Waals surface area contributed by atoms with E-state index in [1.165, 1.54) is 0 Å². The minimum Gasteiger partial charge on any atom is -0.465 e. The summed E-state index contributed by atoms with van der Waals surface area (Å²) in [5.41, 5.74) is -0.615. The lowest BCUT2D eigenvalue weighted by atomic mass is 9.97. The van der Waals surface area contributed by atoms with Gasteiger partial charge in [-0.1, -0.05) is 0 Å². The Kier molecular flexibility index (Phi) is 4.09. The zero-order chi connectivity index (χ0) is 13.1. The third kappa shape index (κ3) is 4.42. The summed E-state index contributed by atoms with van der Waals surface area (Å²) >= 11 is 0. The Hall–Kier alpha value is -1.59. The summed E-state index contributed by atoms with van der Waals surface area (Å²) in [7, 11) is 0. The van der Waals surface area contributed by atoms with E-state index in [-0.39, 0.29) is 13.0 Å². The second-order valence-electron chi connectivity index (χ2n) is 4.94. The zero-order valence-electron chi connectivity index (χ0n) is 10.2. The molecule has 1 heterocycles. The number of esters is 1. The van der Waals surface area contributed by atoms with Crippen molar-refractivity contribution in [2.24, 2.45) is 5.92 Å². The molecule has 1 aliphatic rings. The lowest BCUT2D eigenvalue weighted by Gasteiger charge is -2.29. The van der Waals surface area contributed by atoms with Crippen molar-refractivity contribution in [1.82, 2.24) is 5.32 Å². The number of aldehydes is 1. The molecule has 0 aromatic heterocycles. The summed E-state index contributed by atoms with van der Waals surface area (Å²) in [6.07, 6.45) is 0.0287. The van der Waals surface area contributed by atoms with Gasteiger partial charge in [-0.15, -0.1) is 0 Å². The molecule has 6 nitrogen and oxygen atoms in total. The maximum Gasteiger partial charge on any atom is 0.407 e. The van der Waals surface area contributed by atoms with Gasteiger partial charge in [-0.2, -0.15) is 0 Å². The zero-order valence-corrected chi connectivity index (χ0v) is 10.2. The average molecular weight is 243 g/mol. The van der Waals surface area contributed by atoms with Gasteiger partial charge in [0.2, 0.25) is 0 Å². The fourth-order valence-electron chi connectivity index (χ4n) is 1.45. The fraction of sp³-hybridized carbons (Fsp3) is 0.727. The standard InChI is InChI=1S/C11H17NO5/c1-11(2,3)17-10(15)12-8-4-9(14)16-6-7(8)5-13/h5,7-8H,4,6H2,1-3H3,(H,12,15)/t7-,8-/m1/s1. The molecule has 0 unspecified atom stereocenters. The van der Waals surface area contributed by atoms with Crippen molar-refractivity contribution in [2.75, 3.05) is 6.61 Å². The van der Waals surface area contributed by atoms with Gasteiger partial charge in [0, 0.05) is 0 Å². The van der Waals surface area contributed by atoms with Crippen LogP contribution in [0.15, 0.2) is 0 Å². The molecule has 0 aromatic rings. The predicted molar refractivity (Wildman–Crippen MR) is 58.3 cm³/mol. The molecule has 1 rings (SSSR count). The van der Waals surface area contributed by atoms with E-state index in [1.807, 2.05) is 0 Å². The summed E-state index contributed by atoms with van der Waals surface area (Å²) in [6.45, 7) is 5.21. The molecule has 17 heavy (non-hydrogen) atoms. The van der Waals surface area contributed by atoms with Crippen molar-refractivity contribution < 1.29 is 23.9 Å². The van der Waals surface area contributed by atoms with Crippen LogP contribution in [0.4, 0.5) is 4.79 Å². The van der Waals surface area contributed by atoms with Gasteiger partial charge in [-0.25, -0.2) is 4.79 Å². The molecular weight excluding hydrogens is 226 g/mol. The molecule has 0 spiro atoms. The lowest BCUT2D eigenvalue weighted by Crippen LogP contribution is -2.48. The Labute approximate surface area is 99.6 Å². The lowest BCUT2D eigenvalue weighted by molar-refractivity contribution is -0.151. The second kappa shape index (κ2) is 5.16. The van der Waals surface area contributed by atoms with Crippen molar-refractivity contribution in [3.63, 3.8) is 0 Å². The van der Waals surface area contributed by atoms with Crippen molar-refractivity contribution in [3.05, 3.63) is 0 Å². The second-order valence-corrected chi connectivity index (χ2v) is 4.94. The van der Waals surface area contributed by atoms with E-state index in [2.05, 4.69) is 5.32 Å². The van der Waals surface area contributed by atoms with E-state index < -0.39 is 29.6 Å². The Morgan fingerprint density at radius 1 is 1.53 bits per heavy atom. The van der Waals surface area contributed by atoms with Crippen LogP contribution in [0.5, 0.6) is 0 Å². The van der Waals surface area contributed by atoms with Crippen molar-refractivity contribution in [2.45, 2.75) is 38.8 Å². The van der Waals surface area contributed by atoms with E-state index in [9.17, 15) is 14.4 Å². The topological polar surface area (TPSA) is 81.7 Å². The predicted octanol–water partition coefficient (Wildman–Crippen LogP) is 0.642. The van der Waals surface area contributed by atoms with Crippen LogP contribution in [0.25, 0.3) is 0 Å². The van der Waals surface area contributed by atoms with Crippen molar-refractivity contribution in [3.8, 4) is 0 Å². The SMILES string of the molecule is CC(C)(C)OC(=O)N[C@@H]1CC(=O)OC[C@H]1C=O. The van der Waals surface area contributed by atoms with Gasteiger partial charge < -0.3 is 19.6 Å². The van der Waals surface area contributed by atoms with Crippen molar-refractivity contribution in [1.29, 1.82) is 0 Å². The van der Waals surface area contributed by atoms with Gasteiger partial charge in [0.05, 0.1) is 18.4 Å². The Balaban J connectivity index is 2.55. The van der Waals surface area contributed by atoms with Crippen molar-refractivity contribution >= 4 is 18.3 Å². The number of nitrogens with one attached hydrogen (secondary N) is 1. The summed E-state index contributed by atoms with van der Waals surface area (Å²) in [5.74, 6) is -0.940. The smallest absolute Gasteiger partial charge is 0.407 e. The van der Waals surface area contributed by atoms with Gasteiger partial charge in [-0.05, 0) is 20.8 Å². The highest BCUT2D eigenvalue weighted by Crippen LogP contribution is 2.15. The Bertz CT molecular complexity index is 320. The molecule has 1 amide bonds. The Morgan fingerprint density at radius 3 is 2.71 bits per heavy atom. The van der Waals surface area contributed by atoms with Gasteiger partial charge in [0.15, 0.2) is 0 Å². The fourth-order valence-corrected chi connectivity index (χ4v) is 1.45. The first-order valence-corrected chi connectivity index (χ1v) is 5.42. The normalized spacial score (nSPS) is 24.8. The molecule has 2 atom stereocenters. The van der Waals surface area contributed by atoms with E-state index in [1.54, 1.807) is 20.8 Å². The first-order valence-electron chi connectivity index (χ1n) is 5.42. The molecule has 1 fully saturated rings. The Morgan fingerprint density at radius 2 is 2.18 bits per heavy atom. The van der Waals surface area contributed by atoms with Crippen LogP contribution < -0.4 is 5.32 Å². The van der Waals surface area contributed by atoms with Crippen LogP contribution in [-0.4, -0.2) is 36.6 Å². The molecule has 1 N–H and O–H groups in total. The number of ether oxygens (including phenoxy) is 2. The summed E-state index contributed by atoms with van der Waals surface area (Å²) in [4.78, 5) is 33.3. The van der Waals surface area contributed by atoms with Gasteiger partial charge in [0.1, 0.15) is 18.5 Å². The van der Waals surface area contributed by atoms with Crippen LogP contribution in [0, 0.1) is 5.92 Å². The van der Waals surface area contributed by atoms with Gasteiger partial charge in [-0.3, -0.25) is 4.79 Å². The van der Waals surface area contributed by atoms with E-state index in [0.717, 1.165) is 0 Å². The average Bonchev–Trinajstić information content (AvgIpc) is 2.14. The number of cyclic esters (lactones) is 1. The number of carbonyl (C=O) groups is 3. The van der Waals surface area contributed by atoms with E-state index in [0.29, 0.717) is 6.29 Å². The van der Waals surface area contributed by atoms with Gasteiger partial charge in [0.25, 0.3) is 0 Å². The summed E-state index contributed by atoms with van der Waals surface area (Å²) in [6, 6.07) is -0.552. The molecule has 0 radical (unpaired) electrons. The number of rotatable bonds is 2. The number of hydrogen-bond donors (Lipinski definition) is 1. The largest absolute Gasteiger partial charge is 0.465 e. The molecule has 1 saturated heterocycles. The summed E-state index contributed by atoms with van der Waals surface area (Å²) in [5, 5.41) is 2.51. The number of amides is 1.